The van der Waals surface area contributed by atoms with E-state index in [1.165, 1.54) is 23.1 Å². The van der Waals surface area contributed by atoms with E-state index in [4.69, 9.17) is 0 Å². The molecular weight excluding hydrogens is 404 g/mol. The molecule has 32 heavy (non-hydrogen) atoms. The maximum Gasteiger partial charge on any atom is 0.272 e. The van der Waals surface area contributed by atoms with Crippen molar-refractivity contribution in [1.82, 2.24) is 14.8 Å². The average Bonchev–Trinajstić information content (AvgIpc) is 2.83. The lowest BCUT2D eigenvalue weighted by molar-refractivity contribution is 0.0686. The van der Waals surface area contributed by atoms with Crippen molar-refractivity contribution < 1.29 is 14.7 Å². The first kappa shape index (κ1) is 21.3. The molecule has 3 aromatic rings. The van der Waals surface area contributed by atoms with Crippen LogP contribution in [0.15, 0.2) is 54.6 Å². The number of benzene rings is 2. The summed E-state index contributed by atoms with van der Waals surface area (Å²) < 4.78 is 0. The SMILES string of the molecule is CN(C)C(=O)c1cc(C(=O)N2CCC(C#N)(c3ccccc3)CC2)nc2ccc(O)cc12. The molecule has 7 nitrogen and oxygen atoms in total. The number of carbonyl (C=O) groups excluding carboxylic acids is 2. The number of nitrogens with zero attached hydrogens (tertiary/aromatic N) is 4. The van der Waals surface area contributed by atoms with Gasteiger partial charge in [0, 0.05) is 32.6 Å². The molecule has 0 atom stereocenters. The summed E-state index contributed by atoms with van der Waals surface area (Å²) in [4.78, 5) is 33.6. The average molecular weight is 428 g/mol. The van der Waals surface area contributed by atoms with Crippen LogP contribution in [0.25, 0.3) is 10.9 Å². The highest BCUT2D eigenvalue weighted by Gasteiger charge is 2.38. The molecule has 2 aromatic carbocycles. The molecule has 1 aliphatic heterocycles. The number of amides is 2. The molecule has 0 spiro atoms. The standard InChI is InChI=1S/C25H24N4O3/c1-28(2)23(31)20-15-22(27-21-9-8-18(30)14-19(20)21)24(32)29-12-10-25(16-26,11-13-29)17-6-4-3-5-7-17/h3-9,14-15,30H,10-13H2,1-2H3. The van der Waals surface area contributed by atoms with Crippen molar-refractivity contribution in [2.24, 2.45) is 0 Å². The first-order chi connectivity index (χ1) is 15.3. The molecule has 0 aliphatic carbocycles. The summed E-state index contributed by atoms with van der Waals surface area (Å²) in [6.45, 7) is 0.848. The summed E-state index contributed by atoms with van der Waals surface area (Å²) in [6, 6.07) is 18.2. The van der Waals surface area contributed by atoms with E-state index < -0.39 is 5.41 Å². The highest BCUT2D eigenvalue weighted by molar-refractivity contribution is 6.08. The number of carbonyl (C=O) groups is 2. The number of phenols is 1. The topological polar surface area (TPSA) is 97.5 Å². The van der Waals surface area contributed by atoms with Crippen LogP contribution < -0.4 is 0 Å². The molecular formula is C25H24N4O3. The second-order valence-electron chi connectivity index (χ2n) is 8.31. The number of aromatic hydroxyl groups is 1. The largest absolute Gasteiger partial charge is 0.508 e. The predicted molar refractivity (Wildman–Crippen MR) is 120 cm³/mol. The quantitative estimate of drug-likeness (QED) is 0.690. The number of fused-ring (bicyclic) bond motifs is 1. The van der Waals surface area contributed by atoms with Crippen LogP contribution in [0.1, 0.15) is 39.3 Å². The third-order valence-electron chi connectivity index (χ3n) is 6.09. The second kappa shape index (κ2) is 8.31. The van der Waals surface area contributed by atoms with Gasteiger partial charge in [-0.3, -0.25) is 9.59 Å². The molecule has 162 valence electrons. The van der Waals surface area contributed by atoms with Crippen LogP contribution in [-0.2, 0) is 5.41 Å². The highest BCUT2D eigenvalue weighted by atomic mass is 16.3. The normalized spacial score (nSPS) is 15.2. The lowest BCUT2D eigenvalue weighted by Crippen LogP contribution is -2.45. The van der Waals surface area contributed by atoms with E-state index in [1.54, 1.807) is 25.1 Å². The van der Waals surface area contributed by atoms with Crippen molar-refractivity contribution >= 4 is 22.7 Å². The number of likely N-dealkylation sites (tertiary alicyclic amines) is 1. The third kappa shape index (κ3) is 3.76. The van der Waals surface area contributed by atoms with Crippen LogP contribution in [-0.4, -0.2) is 58.9 Å². The molecule has 1 aliphatic rings. The van der Waals surface area contributed by atoms with E-state index in [1.807, 2.05) is 30.3 Å². The first-order valence-electron chi connectivity index (χ1n) is 10.5. The van der Waals surface area contributed by atoms with Crippen LogP contribution in [0.4, 0.5) is 0 Å². The summed E-state index contributed by atoms with van der Waals surface area (Å²) in [5.74, 6) is -0.522. The Morgan fingerprint density at radius 1 is 1.09 bits per heavy atom. The van der Waals surface area contributed by atoms with Gasteiger partial charge in [-0.05, 0) is 42.7 Å². The molecule has 7 heteroatoms. The van der Waals surface area contributed by atoms with Gasteiger partial charge in [0.1, 0.15) is 11.4 Å². The minimum absolute atomic E-state index is 0.0240. The molecule has 4 rings (SSSR count). The van der Waals surface area contributed by atoms with Crippen LogP contribution in [0.3, 0.4) is 0 Å². The number of phenolic OH excluding ortho intramolecular Hbond substituents is 1. The Hall–Kier alpha value is -3.92. The fourth-order valence-electron chi connectivity index (χ4n) is 4.22. The van der Waals surface area contributed by atoms with E-state index >= 15 is 0 Å². The van der Waals surface area contributed by atoms with E-state index in [0.29, 0.717) is 42.4 Å². The maximum atomic E-state index is 13.3. The van der Waals surface area contributed by atoms with E-state index in [0.717, 1.165) is 5.56 Å². The Balaban J connectivity index is 1.64. The lowest BCUT2D eigenvalue weighted by atomic mass is 9.74. The number of hydrogen-bond acceptors (Lipinski definition) is 5. The zero-order valence-electron chi connectivity index (χ0n) is 18.1. The molecule has 1 N–H and O–H groups in total. The van der Waals surface area contributed by atoms with Crippen LogP contribution in [0.5, 0.6) is 5.75 Å². The van der Waals surface area contributed by atoms with Gasteiger partial charge < -0.3 is 14.9 Å². The molecule has 1 fully saturated rings. The summed E-state index contributed by atoms with van der Waals surface area (Å²) >= 11 is 0. The predicted octanol–water partition coefficient (Wildman–Crippen LogP) is 3.34. The molecule has 1 aromatic heterocycles. The van der Waals surface area contributed by atoms with E-state index in [-0.39, 0.29) is 23.3 Å². The lowest BCUT2D eigenvalue weighted by Gasteiger charge is -2.37. The van der Waals surface area contributed by atoms with E-state index in [9.17, 15) is 20.0 Å². The van der Waals surface area contributed by atoms with Gasteiger partial charge in [0.2, 0.25) is 0 Å². The molecule has 0 saturated carbocycles. The van der Waals surface area contributed by atoms with Gasteiger partial charge in [0.25, 0.3) is 11.8 Å². The number of piperidine rings is 1. The summed E-state index contributed by atoms with van der Waals surface area (Å²) in [5.41, 5.74) is 1.31. The Morgan fingerprint density at radius 3 is 2.41 bits per heavy atom. The van der Waals surface area contributed by atoms with E-state index in [2.05, 4.69) is 11.1 Å². The van der Waals surface area contributed by atoms with Crippen molar-refractivity contribution in [3.05, 3.63) is 71.4 Å². The van der Waals surface area contributed by atoms with Crippen molar-refractivity contribution in [3.63, 3.8) is 0 Å². The van der Waals surface area contributed by atoms with Gasteiger partial charge in [-0.1, -0.05) is 30.3 Å². The van der Waals surface area contributed by atoms with Gasteiger partial charge in [0.05, 0.1) is 22.6 Å². The van der Waals surface area contributed by atoms with Crippen molar-refractivity contribution in [2.75, 3.05) is 27.2 Å². The van der Waals surface area contributed by atoms with Gasteiger partial charge in [0.15, 0.2) is 0 Å². The maximum absolute atomic E-state index is 13.3. The van der Waals surface area contributed by atoms with Crippen molar-refractivity contribution in [1.29, 1.82) is 5.26 Å². The van der Waals surface area contributed by atoms with Gasteiger partial charge in [-0.25, -0.2) is 4.98 Å². The van der Waals surface area contributed by atoms with Crippen LogP contribution in [0.2, 0.25) is 0 Å². The summed E-state index contributed by atoms with van der Waals surface area (Å²) in [5, 5.41) is 20.3. The second-order valence-corrected chi connectivity index (χ2v) is 8.31. The Morgan fingerprint density at radius 2 is 1.78 bits per heavy atom. The molecule has 1 saturated heterocycles. The van der Waals surface area contributed by atoms with Crippen molar-refractivity contribution in [2.45, 2.75) is 18.3 Å². The summed E-state index contributed by atoms with van der Waals surface area (Å²) in [7, 11) is 3.27. The monoisotopic (exact) mass is 428 g/mol. The zero-order chi connectivity index (χ0) is 22.9. The molecule has 2 heterocycles. The molecule has 0 radical (unpaired) electrons. The fraction of sp³-hybridized carbons (Fsp3) is 0.280. The minimum atomic E-state index is -0.613. The third-order valence-corrected chi connectivity index (χ3v) is 6.09. The highest BCUT2D eigenvalue weighted by Crippen LogP contribution is 2.35. The zero-order valence-corrected chi connectivity index (χ0v) is 18.1. The van der Waals surface area contributed by atoms with Crippen LogP contribution >= 0.6 is 0 Å². The molecule has 0 bridgehead atoms. The number of nitriles is 1. The summed E-state index contributed by atoms with van der Waals surface area (Å²) in [6.07, 6.45) is 1.06. The Kier molecular flexibility index (Phi) is 5.54. The van der Waals surface area contributed by atoms with Gasteiger partial charge >= 0.3 is 0 Å². The molecule has 0 unspecified atom stereocenters. The number of hydrogen-bond donors (Lipinski definition) is 1. The number of rotatable bonds is 3. The smallest absolute Gasteiger partial charge is 0.272 e. The van der Waals surface area contributed by atoms with Gasteiger partial charge in [-0.15, -0.1) is 0 Å². The Labute approximate surface area is 186 Å². The Bertz CT molecular complexity index is 1220. The van der Waals surface area contributed by atoms with Crippen LogP contribution in [0, 0.1) is 11.3 Å². The number of pyridine rings is 1. The van der Waals surface area contributed by atoms with Gasteiger partial charge in [-0.2, -0.15) is 5.26 Å². The fourth-order valence-corrected chi connectivity index (χ4v) is 4.22. The van der Waals surface area contributed by atoms with Crippen molar-refractivity contribution in [3.8, 4) is 11.8 Å². The number of aromatic nitrogens is 1. The molecule has 2 amide bonds. The minimum Gasteiger partial charge on any atom is -0.508 e. The first-order valence-corrected chi connectivity index (χ1v) is 10.5.